The van der Waals surface area contributed by atoms with Crippen molar-refractivity contribution < 1.29 is 31.9 Å². The Morgan fingerprint density at radius 1 is 1.27 bits per heavy atom. The number of benzene rings is 1. The van der Waals surface area contributed by atoms with Crippen LogP contribution in [0.3, 0.4) is 0 Å². The quantitative estimate of drug-likeness (QED) is 0.318. The monoisotopic (exact) mass is 450 g/mol. The van der Waals surface area contributed by atoms with Crippen LogP contribution >= 0.6 is 11.8 Å². The lowest BCUT2D eigenvalue weighted by Crippen LogP contribution is -2.44. The van der Waals surface area contributed by atoms with E-state index >= 15 is 0 Å². The largest absolute Gasteiger partial charge is 0.412 e. The molecule has 162 valence electrons. The van der Waals surface area contributed by atoms with Crippen LogP contribution in [-0.4, -0.2) is 38.3 Å². The number of thioether (sulfide) groups is 1. The van der Waals surface area contributed by atoms with Gasteiger partial charge in [0.25, 0.3) is 5.56 Å². The number of hydrogen-bond acceptors (Lipinski definition) is 7. The van der Waals surface area contributed by atoms with Crippen molar-refractivity contribution in [3.63, 3.8) is 0 Å². The third kappa shape index (κ3) is 5.06. The summed E-state index contributed by atoms with van der Waals surface area (Å²) in [7, 11) is 0. The van der Waals surface area contributed by atoms with Crippen LogP contribution in [0, 0.1) is 12.7 Å². The minimum Gasteiger partial charge on any atom is -0.371 e. The molecule has 0 bridgehead atoms. The van der Waals surface area contributed by atoms with Crippen molar-refractivity contribution >= 4 is 23.8 Å². The second kappa shape index (κ2) is 8.69. The van der Waals surface area contributed by atoms with Gasteiger partial charge in [-0.15, -0.1) is 11.8 Å². The molecule has 1 heterocycles. The van der Waals surface area contributed by atoms with Gasteiger partial charge in [-0.3, -0.25) is 9.36 Å². The van der Waals surface area contributed by atoms with E-state index < -0.39 is 52.4 Å². The molecule has 0 aliphatic heterocycles. The number of halogens is 4. The summed E-state index contributed by atoms with van der Waals surface area (Å²) in [6.07, 6.45) is -6.05. The summed E-state index contributed by atoms with van der Waals surface area (Å²) in [4.78, 5) is 47.5. The van der Waals surface area contributed by atoms with E-state index in [1.807, 2.05) is 0 Å². The molecule has 0 fully saturated rings. The molecular weight excluding hydrogens is 436 g/mol. The van der Waals surface area contributed by atoms with E-state index in [2.05, 4.69) is 9.84 Å². The highest BCUT2D eigenvalue weighted by Gasteiger charge is 2.28. The number of carbonyl (C=O) groups excluding carboxylic acids is 2. The minimum atomic E-state index is -4.50. The van der Waals surface area contributed by atoms with Gasteiger partial charge < -0.3 is 10.5 Å². The number of nitrogens with zero attached hydrogens (tertiary/aromatic N) is 3. The van der Waals surface area contributed by atoms with Gasteiger partial charge >= 0.3 is 23.9 Å². The number of esters is 1. The molecule has 0 radical (unpaired) electrons. The highest BCUT2D eigenvalue weighted by Crippen LogP contribution is 2.31. The second-order valence-electron chi connectivity index (χ2n) is 5.77. The van der Waals surface area contributed by atoms with Gasteiger partial charge in [-0.25, -0.2) is 18.8 Å². The van der Waals surface area contributed by atoms with Crippen LogP contribution in [-0.2, 0) is 11.3 Å². The molecule has 14 heteroatoms. The maximum Gasteiger partial charge on any atom is 0.412 e. The van der Waals surface area contributed by atoms with E-state index in [4.69, 9.17) is 5.73 Å². The van der Waals surface area contributed by atoms with Crippen molar-refractivity contribution in [1.29, 1.82) is 0 Å². The zero-order valence-corrected chi connectivity index (χ0v) is 16.3. The number of amides is 1. The molecule has 0 atom stereocenters. The van der Waals surface area contributed by atoms with Crippen LogP contribution < -0.4 is 17.0 Å². The van der Waals surface area contributed by atoms with Crippen LogP contribution in [0.4, 0.5) is 22.4 Å². The third-order valence-corrected chi connectivity index (χ3v) is 4.85. The lowest BCUT2D eigenvalue weighted by Gasteiger charge is -2.14. The van der Waals surface area contributed by atoms with E-state index in [-0.39, 0.29) is 17.0 Å². The highest BCUT2D eigenvalue weighted by atomic mass is 32.2. The molecule has 0 unspecified atom stereocenters. The molecule has 1 aromatic carbocycles. The molecule has 1 aromatic heterocycles. The SMILES string of the molecule is CCn1c(=O)c(C(=O)OC(N)=O)nn(-c2cc(SCC(F)(F)F)c(C)cc2F)c1=O. The van der Waals surface area contributed by atoms with Crippen molar-refractivity contribution in [2.24, 2.45) is 5.73 Å². The predicted octanol–water partition coefficient (Wildman–Crippen LogP) is 1.75. The molecule has 2 N–H and O–H groups in total. The Morgan fingerprint density at radius 3 is 2.43 bits per heavy atom. The normalized spacial score (nSPS) is 11.4. The van der Waals surface area contributed by atoms with Crippen LogP contribution in [0.25, 0.3) is 5.69 Å². The summed E-state index contributed by atoms with van der Waals surface area (Å²) in [5.41, 5.74) is 0.855. The Balaban J connectivity index is 2.71. The van der Waals surface area contributed by atoms with Gasteiger partial charge in [-0.2, -0.15) is 23.0 Å². The number of aromatic nitrogens is 3. The summed E-state index contributed by atoms with van der Waals surface area (Å²) in [5.74, 6) is -3.90. The Kier molecular flexibility index (Phi) is 6.70. The predicted molar refractivity (Wildman–Crippen MR) is 96.2 cm³/mol. The van der Waals surface area contributed by atoms with Crippen LogP contribution in [0.15, 0.2) is 26.6 Å². The van der Waals surface area contributed by atoms with E-state index in [9.17, 15) is 36.7 Å². The first-order valence-electron chi connectivity index (χ1n) is 8.11. The molecule has 30 heavy (non-hydrogen) atoms. The van der Waals surface area contributed by atoms with Crippen molar-refractivity contribution in [3.05, 3.63) is 50.0 Å². The van der Waals surface area contributed by atoms with Crippen molar-refractivity contribution in [2.45, 2.75) is 31.5 Å². The molecular formula is C16H14F4N4O5S. The Morgan fingerprint density at radius 2 is 1.90 bits per heavy atom. The molecule has 0 spiro atoms. The fourth-order valence-electron chi connectivity index (χ4n) is 2.34. The molecule has 0 saturated heterocycles. The van der Waals surface area contributed by atoms with E-state index in [1.54, 1.807) is 0 Å². The molecule has 1 amide bonds. The van der Waals surface area contributed by atoms with E-state index in [0.29, 0.717) is 21.0 Å². The first kappa shape index (κ1) is 23.1. The number of rotatable bonds is 5. The van der Waals surface area contributed by atoms with Gasteiger partial charge in [0.2, 0.25) is 5.69 Å². The lowest BCUT2D eigenvalue weighted by atomic mass is 10.2. The summed E-state index contributed by atoms with van der Waals surface area (Å²) in [6, 6.07) is 1.81. The molecule has 0 aliphatic carbocycles. The fourth-order valence-corrected chi connectivity index (χ4v) is 3.14. The average Bonchev–Trinajstić information content (AvgIpc) is 2.60. The molecule has 2 aromatic rings. The third-order valence-electron chi connectivity index (χ3n) is 3.63. The number of carbonyl (C=O) groups is 2. The molecule has 0 saturated carbocycles. The Labute approximate surface area is 169 Å². The van der Waals surface area contributed by atoms with Gasteiger partial charge in [-0.1, -0.05) is 0 Å². The van der Waals surface area contributed by atoms with Crippen molar-refractivity contribution in [3.8, 4) is 5.69 Å². The summed E-state index contributed by atoms with van der Waals surface area (Å²) < 4.78 is 57.1. The second-order valence-corrected chi connectivity index (χ2v) is 6.79. The highest BCUT2D eigenvalue weighted by molar-refractivity contribution is 7.99. The fraction of sp³-hybridized carbons (Fsp3) is 0.312. The molecule has 2 rings (SSSR count). The topological polar surface area (TPSA) is 126 Å². The zero-order chi connectivity index (χ0) is 22.8. The van der Waals surface area contributed by atoms with Gasteiger partial charge in [-0.05, 0) is 31.5 Å². The summed E-state index contributed by atoms with van der Waals surface area (Å²) in [5, 5.41) is 3.46. The van der Waals surface area contributed by atoms with E-state index in [0.717, 1.165) is 12.1 Å². The first-order chi connectivity index (χ1) is 13.9. The smallest absolute Gasteiger partial charge is 0.371 e. The summed E-state index contributed by atoms with van der Waals surface area (Å²) in [6.45, 7) is 2.47. The van der Waals surface area contributed by atoms with E-state index in [1.165, 1.54) is 13.8 Å². The number of aryl methyl sites for hydroxylation is 1. The van der Waals surface area contributed by atoms with Gasteiger partial charge in [0.15, 0.2) is 0 Å². The van der Waals surface area contributed by atoms with Crippen LogP contribution in [0.1, 0.15) is 23.0 Å². The minimum absolute atomic E-state index is 0.00654. The zero-order valence-electron chi connectivity index (χ0n) is 15.4. The number of primary amides is 1. The van der Waals surface area contributed by atoms with Gasteiger partial charge in [0, 0.05) is 11.4 Å². The number of hydrogen-bond donors (Lipinski definition) is 1. The lowest BCUT2D eigenvalue weighted by molar-refractivity contribution is -0.105. The van der Waals surface area contributed by atoms with Crippen LogP contribution in [0.2, 0.25) is 0 Å². The summed E-state index contributed by atoms with van der Waals surface area (Å²) >= 11 is 0.353. The molecule has 9 nitrogen and oxygen atoms in total. The average molecular weight is 450 g/mol. The van der Waals surface area contributed by atoms with Crippen LogP contribution in [0.5, 0.6) is 0 Å². The van der Waals surface area contributed by atoms with Gasteiger partial charge in [0.1, 0.15) is 11.5 Å². The first-order valence-corrected chi connectivity index (χ1v) is 9.10. The standard InChI is InChI=1S/C16H14F4N4O5S/c1-3-23-12(25)11(13(26)29-14(21)27)22-24(15(23)28)9-5-10(7(2)4-8(9)17)30-6-16(18,19)20/h4-5H,3,6H2,1-2H3,(H2,21,27). The number of nitrogens with two attached hydrogens (primary N) is 1. The van der Waals surface area contributed by atoms with Crippen molar-refractivity contribution in [2.75, 3.05) is 5.75 Å². The number of alkyl halides is 3. The Hall–Kier alpha value is -3.16. The maximum absolute atomic E-state index is 14.5. The van der Waals surface area contributed by atoms with Crippen molar-refractivity contribution in [1.82, 2.24) is 14.3 Å². The number of ether oxygens (including phenoxy) is 1. The Bertz CT molecular complexity index is 1130. The maximum atomic E-state index is 14.5. The molecule has 0 aliphatic rings. The van der Waals surface area contributed by atoms with Gasteiger partial charge in [0.05, 0.1) is 5.75 Å².